The predicted molar refractivity (Wildman–Crippen MR) is 77.8 cm³/mol. The van der Waals surface area contributed by atoms with Crippen LogP contribution in [0, 0.1) is 15.5 Å². The van der Waals surface area contributed by atoms with Crippen LogP contribution in [0.4, 0.5) is 5.69 Å². The number of aryl methyl sites for hydroxylation is 1. The van der Waals surface area contributed by atoms with Gasteiger partial charge in [0.2, 0.25) is 5.75 Å². The van der Waals surface area contributed by atoms with E-state index in [4.69, 9.17) is 15.9 Å². The number of ether oxygens (including phenoxy) is 1. The van der Waals surface area contributed by atoms with Crippen LogP contribution in [0.3, 0.4) is 0 Å². The van der Waals surface area contributed by atoms with Gasteiger partial charge in [-0.2, -0.15) is 0 Å². The van der Waals surface area contributed by atoms with Crippen molar-refractivity contribution in [1.29, 1.82) is 5.41 Å². The Bertz CT molecular complexity index is 700. The zero-order valence-corrected chi connectivity index (χ0v) is 11.4. The second-order valence-corrected chi connectivity index (χ2v) is 4.30. The van der Waals surface area contributed by atoms with Crippen LogP contribution in [0.25, 0.3) is 0 Å². The lowest BCUT2D eigenvalue weighted by Gasteiger charge is -2.10. The van der Waals surface area contributed by atoms with Crippen molar-refractivity contribution in [1.82, 2.24) is 4.98 Å². The van der Waals surface area contributed by atoms with Gasteiger partial charge in [0.05, 0.1) is 16.7 Å². The van der Waals surface area contributed by atoms with Crippen molar-refractivity contribution in [3.05, 3.63) is 57.9 Å². The van der Waals surface area contributed by atoms with Crippen LogP contribution in [0.1, 0.15) is 18.1 Å². The number of nitrogen functional groups attached to an aromatic ring is 1. The zero-order chi connectivity index (χ0) is 15.4. The third-order valence-corrected chi connectivity index (χ3v) is 2.92. The fourth-order valence-electron chi connectivity index (χ4n) is 1.81. The van der Waals surface area contributed by atoms with Crippen LogP contribution in [0.5, 0.6) is 11.5 Å². The molecule has 0 saturated carbocycles. The Hall–Kier alpha value is -2.96. The Morgan fingerprint density at radius 3 is 2.81 bits per heavy atom. The molecule has 108 valence electrons. The Morgan fingerprint density at radius 1 is 1.43 bits per heavy atom. The summed E-state index contributed by atoms with van der Waals surface area (Å²) in [7, 11) is 0. The monoisotopic (exact) mass is 286 g/mol. The van der Waals surface area contributed by atoms with E-state index in [-0.39, 0.29) is 23.0 Å². The van der Waals surface area contributed by atoms with Crippen molar-refractivity contribution in [2.45, 2.75) is 13.3 Å². The quantitative estimate of drug-likeness (QED) is 0.379. The van der Waals surface area contributed by atoms with Crippen molar-refractivity contribution in [2.75, 3.05) is 0 Å². The van der Waals surface area contributed by atoms with Gasteiger partial charge in [0, 0.05) is 12.3 Å². The van der Waals surface area contributed by atoms with Gasteiger partial charge in [-0.05, 0) is 24.1 Å². The van der Waals surface area contributed by atoms with Gasteiger partial charge in [0.15, 0.2) is 5.75 Å². The van der Waals surface area contributed by atoms with Crippen molar-refractivity contribution in [2.24, 2.45) is 5.73 Å². The van der Waals surface area contributed by atoms with E-state index in [1.54, 1.807) is 6.07 Å². The second-order valence-electron chi connectivity index (χ2n) is 4.30. The van der Waals surface area contributed by atoms with Gasteiger partial charge in [-0.3, -0.25) is 20.5 Å². The van der Waals surface area contributed by atoms with Gasteiger partial charge in [0.1, 0.15) is 5.84 Å². The lowest BCUT2D eigenvalue weighted by molar-refractivity contribution is -0.385. The maximum Gasteiger partial charge on any atom is 0.311 e. The minimum absolute atomic E-state index is 0.0905. The average Bonchev–Trinajstić information content (AvgIpc) is 2.47. The standard InChI is InChI=1S/C14H14N4O3/c1-2-9-3-4-12(11(7-9)18(19)20)21-13-8-17-6-5-10(13)14(15)16/h3-8H,2H2,1H3,(H3,15,16). The van der Waals surface area contributed by atoms with E-state index in [1.807, 2.05) is 6.92 Å². The van der Waals surface area contributed by atoms with Gasteiger partial charge < -0.3 is 10.5 Å². The number of aromatic nitrogens is 1. The number of nitro groups is 1. The molecule has 21 heavy (non-hydrogen) atoms. The highest BCUT2D eigenvalue weighted by atomic mass is 16.6. The van der Waals surface area contributed by atoms with Crippen molar-refractivity contribution in [3.63, 3.8) is 0 Å². The van der Waals surface area contributed by atoms with Crippen molar-refractivity contribution in [3.8, 4) is 11.5 Å². The Morgan fingerprint density at radius 2 is 2.19 bits per heavy atom. The highest BCUT2D eigenvalue weighted by Crippen LogP contribution is 2.33. The SMILES string of the molecule is CCc1ccc(Oc2cnccc2C(=N)N)c([N+](=O)[O-])c1. The molecule has 0 saturated heterocycles. The molecule has 3 N–H and O–H groups in total. The van der Waals surface area contributed by atoms with Gasteiger partial charge in [0.25, 0.3) is 0 Å². The zero-order valence-electron chi connectivity index (χ0n) is 11.4. The normalized spacial score (nSPS) is 10.1. The number of nitrogens with one attached hydrogen (secondary N) is 1. The Labute approximate surface area is 121 Å². The molecule has 2 aromatic rings. The molecule has 1 aromatic heterocycles. The van der Waals surface area contributed by atoms with Crippen LogP contribution in [-0.4, -0.2) is 15.7 Å². The summed E-state index contributed by atoms with van der Waals surface area (Å²) in [5.74, 6) is 0.102. The van der Waals surface area contributed by atoms with Gasteiger partial charge in [-0.25, -0.2) is 0 Å². The Balaban J connectivity index is 2.45. The highest BCUT2D eigenvalue weighted by molar-refractivity contribution is 5.97. The molecule has 0 aliphatic rings. The number of pyridine rings is 1. The molecule has 0 unspecified atom stereocenters. The first-order valence-electron chi connectivity index (χ1n) is 6.26. The first-order chi connectivity index (χ1) is 10.0. The molecular weight excluding hydrogens is 272 g/mol. The first-order valence-corrected chi connectivity index (χ1v) is 6.26. The molecule has 0 fully saturated rings. The van der Waals surface area contributed by atoms with E-state index >= 15 is 0 Å². The largest absolute Gasteiger partial charge is 0.448 e. The van der Waals surface area contributed by atoms with E-state index in [1.165, 1.54) is 30.6 Å². The molecule has 0 aliphatic carbocycles. The fourth-order valence-corrected chi connectivity index (χ4v) is 1.81. The number of amidine groups is 1. The highest BCUT2D eigenvalue weighted by Gasteiger charge is 2.18. The van der Waals surface area contributed by atoms with E-state index in [9.17, 15) is 10.1 Å². The molecule has 0 spiro atoms. The summed E-state index contributed by atoms with van der Waals surface area (Å²) < 4.78 is 5.54. The van der Waals surface area contributed by atoms with E-state index in [0.717, 1.165) is 5.56 Å². The summed E-state index contributed by atoms with van der Waals surface area (Å²) >= 11 is 0. The summed E-state index contributed by atoms with van der Waals surface area (Å²) in [4.78, 5) is 14.5. The number of benzene rings is 1. The molecule has 0 radical (unpaired) electrons. The van der Waals surface area contributed by atoms with Crippen molar-refractivity contribution >= 4 is 11.5 Å². The third kappa shape index (κ3) is 3.14. The van der Waals surface area contributed by atoms with Crippen LogP contribution in [0.2, 0.25) is 0 Å². The molecule has 2 rings (SSSR count). The van der Waals surface area contributed by atoms with Crippen molar-refractivity contribution < 1.29 is 9.66 Å². The molecule has 0 amide bonds. The van der Waals surface area contributed by atoms with Crippen LogP contribution in [0.15, 0.2) is 36.7 Å². The summed E-state index contributed by atoms with van der Waals surface area (Å²) in [6.45, 7) is 1.91. The van der Waals surface area contributed by atoms with Gasteiger partial charge in [-0.1, -0.05) is 13.0 Å². The predicted octanol–water partition coefficient (Wildman–Crippen LogP) is 2.63. The van der Waals surface area contributed by atoms with Gasteiger partial charge in [-0.15, -0.1) is 0 Å². The summed E-state index contributed by atoms with van der Waals surface area (Å²) in [6.07, 6.45) is 3.53. The smallest absolute Gasteiger partial charge is 0.311 e. The first kappa shape index (κ1) is 14.4. The van der Waals surface area contributed by atoms with Crippen LogP contribution >= 0.6 is 0 Å². The lowest BCUT2D eigenvalue weighted by Crippen LogP contribution is -2.12. The summed E-state index contributed by atoms with van der Waals surface area (Å²) in [6, 6.07) is 6.28. The lowest BCUT2D eigenvalue weighted by atomic mass is 10.1. The van der Waals surface area contributed by atoms with E-state index in [2.05, 4.69) is 4.98 Å². The summed E-state index contributed by atoms with van der Waals surface area (Å²) in [5.41, 5.74) is 6.49. The molecular formula is C14H14N4O3. The van der Waals surface area contributed by atoms with Crippen LogP contribution < -0.4 is 10.5 Å². The number of rotatable bonds is 5. The van der Waals surface area contributed by atoms with Gasteiger partial charge >= 0.3 is 5.69 Å². The minimum Gasteiger partial charge on any atom is -0.448 e. The summed E-state index contributed by atoms with van der Waals surface area (Å²) in [5, 5.41) is 18.6. The molecule has 7 heteroatoms. The maximum atomic E-state index is 11.1. The number of hydrogen-bond acceptors (Lipinski definition) is 5. The minimum atomic E-state index is -0.502. The number of nitrogens with zero attached hydrogens (tertiary/aromatic N) is 2. The number of nitrogens with two attached hydrogens (primary N) is 1. The number of nitro benzene ring substituents is 1. The van der Waals surface area contributed by atoms with E-state index in [0.29, 0.717) is 12.0 Å². The maximum absolute atomic E-state index is 11.1. The van der Waals surface area contributed by atoms with Crippen LogP contribution in [-0.2, 0) is 6.42 Å². The molecule has 0 aliphatic heterocycles. The topological polar surface area (TPSA) is 115 Å². The molecule has 0 atom stereocenters. The second kappa shape index (κ2) is 6.00. The third-order valence-electron chi connectivity index (χ3n) is 2.92. The molecule has 1 heterocycles. The molecule has 0 bridgehead atoms. The average molecular weight is 286 g/mol. The molecule has 1 aromatic carbocycles. The number of hydrogen-bond donors (Lipinski definition) is 2. The van der Waals surface area contributed by atoms with E-state index < -0.39 is 4.92 Å². The Kier molecular flexibility index (Phi) is 4.13. The fraction of sp³-hybridized carbons (Fsp3) is 0.143. The molecule has 7 nitrogen and oxygen atoms in total.